The van der Waals surface area contributed by atoms with Gasteiger partial charge in [-0.25, -0.2) is 0 Å². The summed E-state index contributed by atoms with van der Waals surface area (Å²) < 4.78 is 10.1. The number of aliphatic hydroxyl groups is 1. The van der Waals surface area contributed by atoms with Crippen LogP contribution in [0.1, 0.15) is 20.3 Å². The van der Waals surface area contributed by atoms with Gasteiger partial charge in [0.05, 0.1) is 6.61 Å². The monoisotopic (exact) mass is 238 g/mol. The first kappa shape index (κ1) is 11.8. The van der Waals surface area contributed by atoms with Gasteiger partial charge in [0.25, 0.3) is 5.95 Å². The van der Waals surface area contributed by atoms with E-state index < -0.39 is 6.29 Å². The molecule has 12 heavy (non-hydrogen) atoms. The average molecular weight is 239 g/mol. The third-order valence-corrected chi connectivity index (χ3v) is 1.46. The number of hydrogen-bond donors (Lipinski definition) is 1. The van der Waals surface area contributed by atoms with Gasteiger partial charge in [0.1, 0.15) is 0 Å². The first-order valence-electron chi connectivity index (χ1n) is 3.98. The predicted octanol–water partition coefficient (Wildman–Crippen LogP) is 2.00. The van der Waals surface area contributed by atoms with Crippen molar-refractivity contribution in [2.75, 3.05) is 11.9 Å². The lowest BCUT2D eigenvalue weighted by Gasteiger charge is -2.14. The van der Waals surface area contributed by atoms with Gasteiger partial charge in [-0.2, -0.15) is 0 Å². The molecule has 4 heteroatoms. The van der Waals surface area contributed by atoms with E-state index in [4.69, 9.17) is 14.6 Å². The number of aliphatic hydroxyl groups excluding tert-OH is 1. The van der Waals surface area contributed by atoms with E-state index in [2.05, 4.69) is 15.9 Å². The molecule has 3 nitrogen and oxygen atoms in total. The highest BCUT2D eigenvalue weighted by molar-refractivity contribution is 9.09. The van der Waals surface area contributed by atoms with E-state index in [1.807, 2.05) is 13.8 Å². The van der Waals surface area contributed by atoms with Crippen LogP contribution in [0, 0.1) is 0 Å². The highest BCUT2D eigenvalue weighted by atomic mass is 79.9. The Morgan fingerprint density at radius 2 is 2.25 bits per heavy atom. The van der Waals surface area contributed by atoms with E-state index in [1.54, 1.807) is 6.08 Å². The molecule has 0 saturated heterocycles. The molecular weight excluding hydrogens is 224 g/mol. The molecule has 0 rings (SSSR count). The molecule has 0 aromatic rings. The standard InChI is InChI=1S/C8H15BrO3/c1-3-7(10)12-8(5-6-9)11-4-2/h5,7,10H,3-4,6H2,1-2H3. The quantitative estimate of drug-likeness (QED) is 0.437. The van der Waals surface area contributed by atoms with Gasteiger partial charge in [-0.05, 0) is 6.92 Å². The van der Waals surface area contributed by atoms with Crippen LogP contribution in [0.5, 0.6) is 0 Å². The Bertz CT molecular complexity index is 136. The first-order chi connectivity index (χ1) is 5.74. The minimum atomic E-state index is -0.776. The zero-order valence-corrected chi connectivity index (χ0v) is 9.00. The van der Waals surface area contributed by atoms with E-state index in [9.17, 15) is 0 Å². The molecule has 0 fully saturated rings. The maximum atomic E-state index is 9.12. The second-order valence-corrected chi connectivity index (χ2v) is 2.74. The SMILES string of the molecule is CCOC(=CCBr)OC(O)CC. The highest BCUT2D eigenvalue weighted by Gasteiger charge is 2.04. The molecule has 0 aromatic carbocycles. The number of allylic oxidation sites excluding steroid dienone is 1. The molecule has 72 valence electrons. The fraction of sp³-hybridized carbons (Fsp3) is 0.750. The summed E-state index contributed by atoms with van der Waals surface area (Å²) in [6.45, 7) is 4.24. The van der Waals surface area contributed by atoms with E-state index in [-0.39, 0.29) is 0 Å². The Balaban J connectivity index is 3.86. The molecule has 0 aromatic heterocycles. The summed E-state index contributed by atoms with van der Waals surface area (Å²) >= 11 is 3.21. The summed E-state index contributed by atoms with van der Waals surface area (Å²) in [5, 5.41) is 9.77. The molecule has 1 unspecified atom stereocenters. The van der Waals surface area contributed by atoms with Crippen molar-refractivity contribution in [1.82, 2.24) is 0 Å². The van der Waals surface area contributed by atoms with E-state index >= 15 is 0 Å². The molecule has 1 N–H and O–H groups in total. The van der Waals surface area contributed by atoms with Gasteiger partial charge in [0.2, 0.25) is 0 Å². The van der Waals surface area contributed by atoms with Crippen molar-refractivity contribution in [3.8, 4) is 0 Å². The van der Waals surface area contributed by atoms with E-state index in [0.717, 1.165) is 0 Å². The van der Waals surface area contributed by atoms with Crippen LogP contribution in [0.25, 0.3) is 0 Å². The smallest absolute Gasteiger partial charge is 0.278 e. The molecule has 0 aliphatic carbocycles. The number of rotatable bonds is 6. The van der Waals surface area contributed by atoms with Crippen LogP contribution in [0.4, 0.5) is 0 Å². The van der Waals surface area contributed by atoms with Gasteiger partial charge in [-0.15, -0.1) is 0 Å². The number of alkyl halides is 1. The molecule has 1 atom stereocenters. The fourth-order valence-corrected chi connectivity index (χ4v) is 0.828. The molecule has 0 bridgehead atoms. The van der Waals surface area contributed by atoms with Crippen molar-refractivity contribution >= 4 is 15.9 Å². The highest BCUT2D eigenvalue weighted by Crippen LogP contribution is 2.06. The van der Waals surface area contributed by atoms with Crippen molar-refractivity contribution in [2.45, 2.75) is 26.6 Å². The minimum absolute atomic E-state index is 0.378. The third-order valence-electron chi connectivity index (χ3n) is 1.13. The van der Waals surface area contributed by atoms with Crippen LogP contribution in [-0.4, -0.2) is 23.3 Å². The summed E-state index contributed by atoms with van der Waals surface area (Å²) in [5.74, 6) is 0.378. The topological polar surface area (TPSA) is 38.7 Å². The Morgan fingerprint density at radius 1 is 1.58 bits per heavy atom. The van der Waals surface area contributed by atoms with Gasteiger partial charge in [-0.1, -0.05) is 22.9 Å². The lowest BCUT2D eigenvalue weighted by Crippen LogP contribution is -2.11. The number of ether oxygens (including phenoxy) is 2. The summed E-state index contributed by atoms with van der Waals surface area (Å²) in [5.41, 5.74) is 0. The molecule has 0 aliphatic rings. The first-order valence-corrected chi connectivity index (χ1v) is 5.10. The van der Waals surface area contributed by atoms with Crippen molar-refractivity contribution in [1.29, 1.82) is 0 Å². The van der Waals surface area contributed by atoms with Crippen LogP contribution in [-0.2, 0) is 9.47 Å². The molecule has 0 heterocycles. The van der Waals surface area contributed by atoms with Gasteiger partial charge in [0, 0.05) is 17.8 Å². The Morgan fingerprint density at radius 3 is 2.67 bits per heavy atom. The van der Waals surface area contributed by atoms with Crippen molar-refractivity contribution in [3.05, 3.63) is 12.0 Å². The third kappa shape index (κ3) is 5.43. The van der Waals surface area contributed by atoms with Gasteiger partial charge in [0.15, 0.2) is 6.29 Å². The molecule has 0 spiro atoms. The molecule has 0 amide bonds. The van der Waals surface area contributed by atoms with Gasteiger partial charge < -0.3 is 14.6 Å². The van der Waals surface area contributed by atoms with Crippen LogP contribution < -0.4 is 0 Å². The maximum absolute atomic E-state index is 9.12. The fourth-order valence-electron chi connectivity index (χ4n) is 0.564. The van der Waals surface area contributed by atoms with Crippen molar-refractivity contribution in [3.63, 3.8) is 0 Å². The van der Waals surface area contributed by atoms with Crippen molar-refractivity contribution in [2.24, 2.45) is 0 Å². The van der Waals surface area contributed by atoms with Crippen LogP contribution in [0.3, 0.4) is 0 Å². The maximum Gasteiger partial charge on any atom is 0.278 e. The Hall–Kier alpha value is -0.220. The summed E-state index contributed by atoms with van der Waals surface area (Å²) in [4.78, 5) is 0. The molecule has 0 aliphatic heterocycles. The molecule has 0 saturated carbocycles. The molecule has 0 radical (unpaired) electrons. The normalized spacial score (nSPS) is 14.2. The summed E-state index contributed by atoms with van der Waals surface area (Å²) in [7, 11) is 0. The second kappa shape index (κ2) is 7.43. The zero-order valence-electron chi connectivity index (χ0n) is 7.42. The van der Waals surface area contributed by atoms with Crippen molar-refractivity contribution < 1.29 is 14.6 Å². The zero-order chi connectivity index (χ0) is 9.40. The predicted molar refractivity (Wildman–Crippen MR) is 50.9 cm³/mol. The van der Waals surface area contributed by atoms with Gasteiger partial charge >= 0.3 is 0 Å². The van der Waals surface area contributed by atoms with E-state index in [0.29, 0.717) is 24.3 Å². The number of hydrogen-bond acceptors (Lipinski definition) is 3. The van der Waals surface area contributed by atoms with Crippen LogP contribution in [0.2, 0.25) is 0 Å². The lowest BCUT2D eigenvalue weighted by molar-refractivity contribution is -0.114. The van der Waals surface area contributed by atoms with Gasteiger partial charge in [-0.3, -0.25) is 0 Å². The minimum Gasteiger partial charge on any atom is -0.466 e. The summed E-state index contributed by atoms with van der Waals surface area (Å²) in [6.07, 6.45) is 1.50. The Kier molecular flexibility index (Phi) is 7.29. The lowest BCUT2D eigenvalue weighted by atomic mass is 10.5. The number of halogens is 1. The average Bonchev–Trinajstić information content (AvgIpc) is 2.05. The Labute approximate surface area is 81.5 Å². The van der Waals surface area contributed by atoms with E-state index in [1.165, 1.54) is 0 Å². The summed E-state index contributed by atoms with van der Waals surface area (Å²) in [6, 6.07) is 0. The molecular formula is C8H15BrO3. The second-order valence-electron chi connectivity index (χ2n) is 2.09. The largest absolute Gasteiger partial charge is 0.466 e. The van der Waals surface area contributed by atoms with Crippen LogP contribution >= 0.6 is 15.9 Å². The van der Waals surface area contributed by atoms with Crippen LogP contribution in [0.15, 0.2) is 12.0 Å².